The van der Waals surface area contributed by atoms with Crippen molar-refractivity contribution >= 4 is 52.5 Å². The molecule has 31 heavy (non-hydrogen) atoms. The molecule has 7 heteroatoms. The van der Waals surface area contributed by atoms with Crippen LogP contribution in [0.25, 0.3) is 6.08 Å². The zero-order chi connectivity index (χ0) is 22.4. The number of aryl methyl sites for hydroxylation is 1. The predicted octanol–water partition coefficient (Wildman–Crippen LogP) is 7.08. The Hall–Kier alpha value is -2.97. The fourth-order valence-electron chi connectivity index (χ4n) is 2.74. The number of carbonyl (C=O) groups is 1. The summed E-state index contributed by atoms with van der Waals surface area (Å²) in [6.45, 7) is 2.26. The Balaban J connectivity index is 1.89. The fraction of sp³-hybridized carbons (Fsp3) is 0.0833. The summed E-state index contributed by atoms with van der Waals surface area (Å²) in [6.07, 6.45) is 1.38. The lowest BCUT2D eigenvalue weighted by atomic mass is 10.1. The molecule has 0 heterocycles. The van der Waals surface area contributed by atoms with Crippen LogP contribution in [-0.2, 0) is 11.4 Å². The standard InChI is InChI=1S/C24H17Cl3N2O2/c1-15-6-8-16(9-7-15)14-31-23-17(11-19(25)12-21(23)27)10-18(13-28)24(30)29-22-5-3-2-4-20(22)26/h2-12H,14H2,1H3,(H,29,30)/b18-10+. The van der Waals surface area contributed by atoms with Crippen LogP contribution in [0.3, 0.4) is 0 Å². The first kappa shape index (κ1) is 22.7. The quantitative estimate of drug-likeness (QED) is 0.308. The van der Waals surface area contributed by atoms with Gasteiger partial charge in [0.05, 0.1) is 15.7 Å². The van der Waals surface area contributed by atoms with Gasteiger partial charge in [-0.25, -0.2) is 0 Å². The molecule has 1 amide bonds. The Labute approximate surface area is 195 Å². The van der Waals surface area contributed by atoms with E-state index in [4.69, 9.17) is 39.5 Å². The molecule has 0 atom stereocenters. The maximum absolute atomic E-state index is 12.6. The maximum atomic E-state index is 12.6. The van der Waals surface area contributed by atoms with Crippen molar-refractivity contribution in [3.05, 3.63) is 98.0 Å². The Morgan fingerprint density at radius 1 is 1.06 bits per heavy atom. The molecule has 1 N–H and O–H groups in total. The summed E-state index contributed by atoms with van der Waals surface area (Å²) in [5.74, 6) is -0.291. The van der Waals surface area contributed by atoms with Gasteiger partial charge in [-0.05, 0) is 42.8 Å². The van der Waals surface area contributed by atoms with E-state index in [-0.39, 0.29) is 17.2 Å². The van der Waals surface area contributed by atoms with Crippen LogP contribution in [0.5, 0.6) is 5.75 Å². The molecule has 0 bridgehead atoms. The minimum absolute atomic E-state index is 0.154. The van der Waals surface area contributed by atoms with E-state index in [9.17, 15) is 10.1 Å². The average molecular weight is 472 g/mol. The zero-order valence-electron chi connectivity index (χ0n) is 16.5. The number of nitriles is 1. The van der Waals surface area contributed by atoms with Gasteiger partial charge in [-0.15, -0.1) is 0 Å². The van der Waals surface area contributed by atoms with Gasteiger partial charge < -0.3 is 10.1 Å². The zero-order valence-corrected chi connectivity index (χ0v) is 18.7. The molecule has 0 saturated heterocycles. The van der Waals surface area contributed by atoms with Gasteiger partial charge in [-0.3, -0.25) is 4.79 Å². The second kappa shape index (κ2) is 10.4. The first-order valence-electron chi connectivity index (χ1n) is 9.22. The summed E-state index contributed by atoms with van der Waals surface area (Å²) in [5.41, 5.74) is 2.74. The van der Waals surface area contributed by atoms with Gasteiger partial charge in [0.15, 0.2) is 0 Å². The number of amides is 1. The topological polar surface area (TPSA) is 62.1 Å². The molecule has 0 saturated carbocycles. The number of nitrogens with one attached hydrogen (secondary N) is 1. The molecule has 0 radical (unpaired) electrons. The molecule has 0 aliphatic rings. The SMILES string of the molecule is Cc1ccc(COc2c(Cl)cc(Cl)cc2/C=C(\C#N)C(=O)Nc2ccccc2Cl)cc1. The van der Waals surface area contributed by atoms with E-state index in [1.165, 1.54) is 6.08 Å². The fourth-order valence-corrected chi connectivity index (χ4v) is 3.48. The highest BCUT2D eigenvalue weighted by atomic mass is 35.5. The minimum Gasteiger partial charge on any atom is -0.487 e. The first-order valence-corrected chi connectivity index (χ1v) is 10.4. The first-order chi connectivity index (χ1) is 14.9. The molecule has 0 unspecified atom stereocenters. The van der Waals surface area contributed by atoms with Gasteiger partial charge in [0.1, 0.15) is 24.0 Å². The van der Waals surface area contributed by atoms with Gasteiger partial charge in [-0.1, -0.05) is 76.8 Å². The summed E-state index contributed by atoms with van der Waals surface area (Å²) < 4.78 is 5.91. The van der Waals surface area contributed by atoms with Crippen LogP contribution in [0, 0.1) is 18.3 Å². The van der Waals surface area contributed by atoms with Crippen molar-refractivity contribution in [3.8, 4) is 11.8 Å². The van der Waals surface area contributed by atoms with E-state index in [2.05, 4.69) is 5.32 Å². The summed E-state index contributed by atoms with van der Waals surface area (Å²) in [6, 6.07) is 19.6. The van der Waals surface area contributed by atoms with Gasteiger partial charge in [-0.2, -0.15) is 5.26 Å². The van der Waals surface area contributed by atoms with Crippen molar-refractivity contribution in [1.82, 2.24) is 0 Å². The third kappa shape index (κ3) is 6.02. The molecule has 0 aliphatic heterocycles. The number of halogens is 3. The normalized spacial score (nSPS) is 11.0. The van der Waals surface area contributed by atoms with Crippen molar-refractivity contribution in [2.24, 2.45) is 0 Å². The lowest BCUT2D eigenvalue weighted by Crippen LogP contribution is -2.13. The van der Waals surface area contributed by atoms with Gasteiger partial charge in [0.25, 0.3) is 5.91 Å². The van der Waals surface area contributed by atoms with E-state index in [1.54, 1.807) is 36.4 Å². The number of rotatable bonds is 6. The number of benzene rings is 3. The van der Waals surface area contributed by atoms with E-state index in [0.717, 1.165) is 11.1 Å². The highest BCUT2D eigenvalue weighted by Gasteiger charge is 2.15. The largest absolute Gasteiger partial charge is 0.487 e. The molecule has 3 rings (SSSR count). The lowest BCUT2D eigenvalue weighted by Gasteiger charge is -2.13. The van der Waals surface area contributed by atoms with Crippen LogP contribution < -0.4 is 10.1 Å². The van der Waals surface area contributed by atoms with Crippen LogP contribution in [0.4, 0.5) is 5.69 Å². The second-order valence-corrected chi connectivity index (χ2v) is 7.93. The van der Waals surface area contributed by atoms with Crippen LogP contribution in [0.1, 0.15) is 16.7 Å². The average Bonchev–Trinajstić information content (AvgIpc) is 2.74. The van der Waals surface area contributed by atoms with E-state index >= 15 is 0 Å². The highest BCUT2D eigenvalue weighted by Crippen LogP contribution is 2.34. The Kier molecular flexibility index (Phi) is 7.59. The smallest absolute Gasteiger partial charge is 0.266 e. The minimum atomic E-state index is -0.615. The van der Waals surface area contributed by atoms with Gasteiger partial charge in [0.2, 0.25) is 0 Å². The molecule has 3 aromatic carbocycles. The number of ether oxygens (including phenoxy) is 1. The van der Waals surface area contributed by atoms with Crippen LogP contribution in [0.15, 0.2) is 66.2 Å². The Morgan fingerprint density at radius 3 is 2.45 bits per heavy atom. The summed E-state index contributed by atoms with van der Waals surface area (Å²) >= 11 is 18.6. The molecule has 0 aromatic heterocycles. The maximum Gasteiger partial charge on any atom is 0.266 e. The van der Waals surface area contributed by atoms with Crippen molar-refractivity contribution < 1.29 is 9.53 Å². The molecular formula is C24H17Cl3N2O2. The Morgan fingerprint density at radius 2 is 1.77 bits per heavy atom. The number of carbonyl (C=O) groups excluding carboxylic acids is 1. The number of anilines is 1. The van der Waals surface area contributed by atoms with Gasteiger partial charge in [0, 0.05) is 10.6 Å². The molecule has 0 fully saturated rings. The summed E-state index contributed by atoms with van der Waals surface area (Å²) in [7, 11) is 0. The summed E-state index contributed by atoms with van der Waals surface area (Å²) in [5, 5.41) is 13.2. The predicted molar refractivity (Wildman–Crippen MR) is 126 cm³/mol. The third-order valence-corrected chi connectivity index (χ3v) is 5.16. The molecule has 0 aliphatic carbocycles. The van der Waals surface area contributed by atoms with Crippen molar-refractivity contribution in [1.29, 1.82) is 5.26 Å². The molecule has 156 valence electrons. The van der Waals surface area contributed by atoms with E-state index in [1.807, 2.05) is 37.3 Å². The molecular weight excluding hydrogens is 455 g/mol. The summed E-state index contributed by atoms with van der Waals surface area (Å²) in [4.78, 5) is 12.6. The van der Waals surface area contributed by atoms with Crippen LogP contribution in [0.2, 0.25) is 15.1 Å². The van der Waals surface area contributed by atoms with E-state index < -0.39 is 5.91 Å². The third-order valence-electron chi connectivity index (χ3n) is 4.33. The van der Waals surface area contributed by atoms with E-state index in [0.29, 0.717) is 27.0 Å². The van der Waals surface area contributed by atoms with Gasteiger partial charge >= 0.3 is 0 Å². The monoisotopic (exact) mass is 470 g/mol. The van der Waals surface area contributed by atoms with Crippen LogP contribution in [-0.4, -0.2) is 5.91 Å². The second-order valence-electron chi connectivity index (χ2n) is 6.68. The number of nitrogens with zero attached hydrogens (tertiary/aromatic N) is 1. The highest BCUT2D eigenvalue weighted by molar-refractivity contribution is 6.36. The Bertz CT molecular complexity index is 1180. The molecule has 4 nitrogen and oxygen atoms in total. The van der Waals surface area contributed by atoms with Crippen molar-refractivity contribution in [2.45, 2.75) is 13.5 Å². The number of hydrogen-bond donors (Lipinski definition) is 1. The lowest BCUT2D eigenvalue weighted by molar-refractivity contribution is -0.112. The molecule has 3 aromatic rings. The van der Waals surface area contributed by atoms with Crippen molar-refractivity contribution in [3.63, 3.8) is 0 Å². The number of hydrogen-bond acceptors (Lipinski definition) is 3. The molecule has 0 spiro atoms. The number of para-hydroxylation sites is 1. The van der Waals surface area contributed by atoms with Crippen LogP contribution >= 0.6 is 34.8 Å². The van der Waals surface area contributed by atoms with Crippen molar-refractivity contribution in [2.75, 3.05) is 5.32 Å².